The number of ether oxygens (including phenoxy) is 1. The zero-order valence-electron chi connectivity index (χ0n) is 17.7. The molecule has 172 valence electrons. The van der Waals surface area contributed by atoms with Crippen LogP contribution in [-0.2, 0) is 30.9 Å². The number of hydrogen-bond acceptors (Lipinski definition) is 7. The Bertz CT molecular complexity index is 1080. The molecular weight excluding hydrogens is 454 g/mol. The van der Waals surface area contributed by atoms with E-state index in [1.165, 1.54) is 33.3 Å². The maximum atomic E-state index is 13.1. The van der Waals surface area contributed by atoms with Gasteiger partial charge in [0, 0.05) is 29.7 Å². The fourth-order valence-corrected chi connectivity index (χ4v) is 6.04. The lowest BCUT2D eigenvalue weighted by atomic mass is 10.1. The minimum Gasteiger partial charge on any atom is -0.467 e. The second-order valence-electron chi connectivity index (χ2n) is 7.64. The summed E-state index contributed by atoms with van der Waals surface area (Å²) in [4.78, 5) is 27.9. The van der Waals surface area contributed by atoms with Crippen molar-refractivity contribution in [1.82, 2.24) is 9.62 Å². The lowest BCUT2D eigenvalue weighted by molar-refractivity contribution is -0.125. The quantitative estimate of drug-likeness (QED) is 0.672. The van der Waals surface area contributed by atoms with Gasteiger partial charge < -0.3 is 19.4 Å². The molecule has 1 aromatic carbocycles. The normalized spacial score (nSPS) is 20.0. The maximum Gasteiger partial charge on any atom is 0.243 e. The average Bonchev–Trinajstić information content (AvgIpc) is 3.30. The van der Waals surface area contributed by atoms with Gasteiger partial charge in [-0.3, -0.25) is 9.59 Å². The summed E-state index contributed by atoms with van der Waals surface area (Å²) in [5.74, 6) is 0.256. The molecule has 0 bridgehead atoms. The van der Waals surface area contributed by atoms with Crippen LogP contribution < -0.4 is 10.2 Å². The van der Waals surface area contributed by atoms with Gasteiger partial charge in [0.2, 0.25) is 21.8 Å². The maximum absolute atomic E-state index is 13.1. The van der Waals surface area contributed by atoms with E-state index in [1.54, 1.807) is 31.2 Å². The molecule has 1 N–H and O–H groups in total. The molecule has 1 aromatic heterocycles. The second kappa shape index (κ2) is 9.65. The molecule has 1 atom stereocenters. The summed E-state index contributed by atoms with van der Waals surface area (Å²) < 4.78 is 38.1. The number of carbonyl (C=O) groups is 2. The van der Waals surface area contributed by atoms with Gasteiger partial charge >= 0.3 is 0 Å². The predicted octanol–water partition coefficient (Wildman–Crippen LogP) is 1.69. The number of sulfonamides is 1. The molecule has 2 aliphatic heterocycles. The number of amides is 2. The highest BCUT2D eigenvalue weighted by molar-refractivity contribution is 7.99. The summed E-state index contributed by atoms with van der Waals surface area (Å²) in [6.45, 7) is 3.05. The van der Waals surface area contributed by atoms with Crippen LogP contribution >= 0.6 is 11.8 Å². The standard InChI is InChI=1S/C21H25N3O6S2/c1-15-14-31-19-5-4-17(32(27,28)23-6-9-29-10-7-23)11-18(19)24(21(15)26)13-20(25)22-12-16-3-2-8-30-16/h2-5,8,11,15H,6-7,9-10,12-14H2,1H3,(H,22,25)/t15-/m1/s1. The monoisotopic (exact) mass is 479 g/mol. The van der Waals surface area contributed by atoms with Crippen LogP contribution in [0.3, 0.4) is 0 Å². The third-order valence-corrected chi connectivity index (χ3v) is 8.56. The summed E-state index contributed by atoms with van der Waals surface area (Å²) >= 11 is 1.48. The summed E-state index contributed by atoms with van der Waals surface area (Å²) in [5, 5.41) is 2.74. The molecule has 0 spiro atoms. The van der Waals surface area contributed by atoms with Crippen molar-refractivity contribution in [2.45, 2.75) is 23.3 Å². The number of fused-ring (bicyclic) bond motifs is 1. The van der Waals surface area contributed by atoms with Gasteiger partial charge in [-0.2, -0.15) is 4.31 Å². The zero-order valence-corrected chi connectivity index (χ0v) is 19.3. The van der Waals surface area contributed by atoms with Crippen LogP contribution in [0.15, 0.2) is 50.8 Å². The van der Waals surface area contributed by atoms with E-state index < -0.39 is 10.0 Å². The molecule has 32 heavy (non-hydrogen) atoms. The van der Waals surface area contributed by atoms with Gasteiger partial charge in [0.05, 0.1) is 36.6 Å². The molecule has 0 radical (unpaired) electrons. The summed E-state index contributed by atoms with van der Waals surface area (Å²) in [6, 6.07) is 8.25. The number of carbonyl (C=O) groups excluding carboxylic acids is 2. The lowest BCUT2D eigenvalue weighted by Gasteiger charge is -2.27. The van der Waals surface area contributed by atoms with Crippen LogP contribution in [0, 0.1) is 5.92 Å². The Hall–Kier alpha value is -2.34. The number of anilines is 1. The number of nitrogens with one attached hydrogen (secondary N) is 1. The van der Waals surface area contributed by atoms with Gasteiger partial charge in [0.25, 0.3) is 0 Å². The number of furan rings is 1. The van der Waals surface area contributed by atoms with Crippen molar-refractivity contribution in [3.05, 3.63) is 42.4 Å². The van der Waals surface area contributed by atoms with Crippen LogP contribution in [0.4, 0.5) is 5.69 Å². The van der Waals surface area contributed by atoms with Crippen molar-refractivity contribution in [1.29, 1.82) is 0 Å². The number of benzene rings is 1. The first-order valence-corrected chi connectivity index (χ1v) is 12.7. The molecule has 0 unspecified atom stereocenters. The van der Waals surface area contributed by atoms with E-state index in [-0.39, 0.29) is 48.8 Å². The Morgan fingerprint density at radius 2 is 2.03 bits per heavy atom. The molecule has 1 saturated heterocycles. The van der Waals surface area contributed by atoms with E-state index in [1.807, 2.05) is 0 Å². The second-order valence-corrected chi connectivity index (χ2v) is 10.6. The van der Waals surface area contributed by atoms with Crippen molar-refractivity contribution in [3.63, 3.8) is 0 Å². The fourth-order valence-electron chi connectivity index (χ4n) is 3.56. The lowest BCUT2D eigenvalue weighted by Crippen LogP contribution is -2.43. The number of nitrogens with zero attached hydrogens (tertiary/aromatic N) is 2. The molecule has 9 nitrogen and oxygen atoms in total. The van der Waals surface area contributed by atoms with Crippen LogP contribution in [0.5, 0.6) is 0 Å². The number of morpholine rings is 1. The highest BCUT2D eigenvalue weighted by atomic mass is 32.2. The van der Waals surface area contributed by atoms with Crippen LogP contribution in [0.1, 0.15) is 12.7 Å². The van der Waals surface area contributed by atoms with E-state index in [4.69, 9.17) is 9.15 Å². The molecule has 3 heterocycles. The van der Waals surface area contributed by atoms with Crippen LogP contribution in [-0.4, -0.2) is 63.1 Å². The minimum absolute atomic E-state index is 0.0992. The van der Waals surface area contributed by atoms with E-state index in [9.17, 15) is 18.0 Å². The Kier molecular flexibility index (Phi) is 6.89. The van der Waals surface area contributed by atoms with E-state index in [0.29, 0.717) is 30.4 Å². The van der Waals surface area contributed by atoms with Gasteiger partial charge in [-0.25, -0.2) is 8.42 Å². The van der Waals surface area contributed by atoms with Gasteiger partial charge in [0.1, 0.15) is 12.3 Å². The highest BCUT2D eigenvalue weighted by Gasteiger charge is 2.32. The highest BCUT2D eigenvalue weighted by Crippen LogP contribution is 2.38. The molecule has 11 heteroatoms. The Balaban J connectivity index is 1.61. The first kappa shape index (κ1) is 22.8. The topological polar surface area (TPSA) is 109 Å². The molecule has 2 amide bonds. The van der Waals surface area contributed by atoms with Crippen molar-refractivity contribution < 1.29 is 27.2 Å². The predicted molar refractivity (Wildman–Crippen MR) is 119 cm³/mol. The first-order valence-electron chi connectivity index (χ1n) is 10.3. The Labute approximate surface area is 191 Å². The van der Waals surface area contributed by atoms with Crippen LogP contribution in [0.2, 0.25) is 0 Å². The third-order valence-electron chi connectivity index (χ3n) is 5.35. The first-order chi connectivity index (χ1) is 15.4. The smallest absolute Gasteiger partial charge is 0.243 e. The van der Waals surface area contributed by atoms with Crippen molar-refractivity contribution >= 4 is 39.3 Å². The Morgan fingerprint density at radius 1 is 1.25 bits per heavy atom. The molecule has 4 rings (SSSR count). The van der Waals surface area contributed by atoms with Crippen molar-refractivity contribution in [2.75, 3.05) is 43.5 Å². The van der Waals surface area contributed by atoms with E-state index >= 15 is 0 Å². The summed E-state index contributed by atoms with van der Waals surface area (Å²) in [6.07, 6.45) is 1.52. The number of rotatable bonds is 6. The largest absolute Gasteiger partial charge is 0.467 e. The van der Waals surface area contributed by atoms with Gasteiger partial charge in [-0.05, 0) is 30.3 Å². The SMILES string of the molecule is C[C@@H]1CSc2ccc(S(=O)(=O)N3CCOCC3)cc2N(CC(=O)NCc2ccco2)C1=O. The summed E-state index contributed by atoms with van der Waals surface area (Å²) in [7, 11) is -3.74. The number of thioether (sulfide) groups is 1. The molecule has 2 aromatic rings. The molecular formula is C21H25N3O6S2. The molecule has 0 aliphatic carbocycles. The van der Waals surface area contributed by atoms with Gasteiger partial charge in [-0.15, -0.1) is 11.8 Å². The van der Waals surface area contributed by atoms with Gasteiger partial charge in [0.15, 0.2) is 0 Å². The number of hydrogen-bond donors (Lipinski definition) is 1. The minimum atomic E-state index is -3.74. The zero-order chi connectivity index (χ0) is 22.7. The molecule has 1 fully saturated rings. The fraction of sp³-hybridized carbons (Fsp3) is 0.429. The van der Waals surface area contributed by atoms with Crippen LogP contribution in [0.25, 0.3) is 0 Å². The van der Waals surface area contributed by atoms with E-state index in [0.717, 1.165) is 4.90 Å². The van der Waals surface area contributed by atoms with Crippen molar-refractivity contribution in [2.24, 2.45) is 5.92 Å². The average molecular weight is 480 g/mol. The van der Waals surface area contributed by atoms with Crippen molar-refractivity contribution in [3.8, 4) is 0 Å². The van der Waals surface area contributed by atoms with E-state index in [2.05, 4.69) is 5.32 Å². The Morgan fingerprint density at radius 3 is 2.75 bits per heavy atom. The molecule has 2 aliphatic rings. The summed E-state index contributed by atoms with van der Waals surface area (Å²) in [5.41, 5.74) is 0.437. The van der Waals surface area contributed by atoms with Gasteiger partial charge in [-0.1, -0.05) is 6.92 Å². The third kappa shape index (κ3) is 4.85. The molecule has 0 saturated carbocycles.